The highest BCUT2D eigenvalue weighted by molar-refractivity contribution is 5.94. The van der Waals surface area contributed by atoms with Crippen molar-refractivity contribution >= 4 is 5.91 Å². The molecular formula is C20H24FNO2. The molecule has 0 fully saturated rings. The summed E-state index contributed by atoms with van der Waals surface area (Å²) in [5.41, 5.74) is 2.51. The van der Waals surface area contributed by atoms with Crippen molar-refractivity contribution in [2.75, 3.05) is 13.7 Å². The molecule has 1 atom stereocenters. The van der Waals surface area contributed by atoms with Crippen LogP contribution in [0, 0.1) is 5.82 Å². The van der Waals surface area contributed by atoms with Gasteiger partial charge in [0.25, 0.3) is 5.91 Å². The van der Waals surface area contributed by atoms with Gasteiger partial charge >= 0.3 is 0 Å². The Morgan fingerprint density at radius 2 is 1.83 bits per heavy atom. The van der Waals surface area contributed by atoms with E-state index >= 15 is 0 Å². The molecule has 3 nitrogen and oxygen atoms in total. The topological polar surface area (TPSA) is 38.3 Å². The molecule has 0 aliphatic rings. The number of carbonyl (C=O) groups excluding carboxylic acids is 1. The zero-order chi connectivity index (χ0) is 17.7. The zero-order valence-electron chi connectivity index (χ0n) is 14.6. The molecule has 0 radical (unpaired) electrons. The minimum absolute atomic E-state index is 0.0491. The molecule has 2 aromatic rings. The van der Waals surface area contributed by atoms with Crippen molar-refractivity contribution in [3.63, 3.8) is 0 Å². The molecule has 2 aromatic carbocycles. The van der Waals surface area contributed by atoms with Gasteiger partial charge in [-0.1, -0.05) is 45.0 Å². The Bertz CT molecular complexity index is 690. The van der Waals surface area contributed by atoms with Crippen LogP contribution in [-0.2, 0) is 10.2 Å². The molecule has 24 heavy (non-hydrogen) atoms. The Morgan fingerprint density at radius 3 is 2.38 bits per heavy atom. The van der Waals surface area contributed by atoms with E-state index in [0.717, 1.165) is 0 Å². The average Bonchev–Trinajstić information content (AvgIpc) is 2.54. The first-order chi connectivity index (χ1) is 11.3. The van der Waals surface area contributed by atoms with Gasteiger partial charge in [-0.3, -0.25) is 4.79 Å². The summed E-state index contributed by atoms with van der Waals surface area (Å²) in [6, 6.07) is 13.8. The number of hydrogen-bond donors (Lipinski definition) is 1. The fourth-order valence-electron chi connectivity index (χ4n) is 2.45. The summed E-state index contributed by atoms with van der Waals surface area (Å²) < 4.78 is 18.7. The molecule has 2 rings (SSSR count). The van der Waals surface area contributed by atoms with E-state index in [4.69, 9.17) is 4.74 Å². The van der Waals surface area contributed by atoms with Crippen molar-refractivity contribution < 1.29 is 13.9 Å². The normalized spacial score (nSPS) is 12.7. The van der Waals surface area contributed by atoms with Gasteiger partial charge in [0, 0.05) is 19.2 Å². The molecule has 0 aliphatic carbocycles. The molecular weight excluding hydrogens is 305 g/mol. The van der Waals surface area contributed by atoms with Gasteiger partial charge in [-0.05, 0) is 40.8 Å². The van der Waals surface area contributed by atoms with Gasteiger partial charge in [0.15, 0.2) is 0 Å². The third-order valence-electron chi connectivity index (χ3n) is 3.97. The highest BCUT2D eigenvalue weighted by atomic mass is 19.1. The summed E-state index contributed by atoms with van der Waals surface area (Å²) in [7, 11) is 1.54. The van der Waals surface area contributed by atoms with E-state index in [9.17, 15) is 9.18 Å². The fourth-order valence-corrected chi connectivity index (χ4v) is 2.45. The molecule has 0 aromatic heterocycles. The van der Waals surface area contributed by atoms with Crippen LogP contribution in [0.25, 0.3) is 0 Å². The highest BCUT2D eigenvalue weighted by Crippen LogP contribution is 2.22. The lowest BCUT2D eigenvalue weighted by molar-refractivity contribution is 0.0827. The Balaban J connectivity index is 2.01. The summed E-state index contributed by atoms with van der Waals surface area (Å²) in [4.78, 5) is 12.3. The van der Waals surface area contributed by atoms with Crippen LogP contribution >= 0.6 is 0 Å². The van der Waals surface area contributed by atoms with Crippen LogP contribution in [-0.4, -0.2) is 19.6 Å². The molecule has 0 aliphatic heterocycles. The van der Waals surface area contributed by atoms with Crippen molar-refractivity contribution in [2.45, 2.75) is 32.3 Å². The standard InChI is InChI=1S/C20H24FNO2/c1-20(2,3)16-10-8-14(9-11-16)19(23)22-13-18(24-4)15-6-5-7-17(21)12-15/h5-12,18H,13H2,1-4H3,(H,22,23). The van der Waals surface area contributed by atoms with Crippen molar-refractivity contribution in [2.24, 2.45) is 0 Å². The van der Waals surface area contributed by atoms with Crippen LogP contribution in [0.5, 0.6) is 0 Å². The average molecular weight is 329 g/mol. The Labute approximate surface area is 142 Å². The molecule has 0 spiro atoms. The van der Waals surface area contributed by atoms with E-state index < -0.39 is 6.10 Å². The number of nitrogens with one attached hydrogen (secondary N) is 1. The maximum absolute atomic E-state index is 13.3. The highest BCUT2D eigenvalue weighted by Gasteiger charge is 2.16. The van der Waals surface area contributed by atoms with Crippen molar-refractivity contribution in [1.82, 2.24) is 5.32 Å². The van der Waals surface area contributed by atoms with Gasteiger partial charge in [-0.25, -0.2) is 4.39 Å². The summed E-state index contributed by atoms with van der Waals surface area (Å²) in [5, 5.41) is 2.84. The summed E-state index contributed by atoms with van der Waals surface area (Å²) in [6.45, 7) is 6.67. The third-order valence-corrected chi connectivity index (χ3v) is 3.97. The minimum atomic E-state index is -0.390. The second-order valence-electron chi connectivity index (χ2n) is 6.82. The molecule has 0 heterocycles. The number of methoxy groups -OCH3 is 1. The van der Waals surface area contributed by atoms with Gasteiger partial charge in [0.2, 0.25) is 0 Å². The van der Waals surface area contributed by atoms with E-state index in [1.54, 1.807) is 19.2 Å². The Hall–Kier alpha value is -2.20. The minimum Gasteiger partial charge on any atom is -0.375 e. The van der Waals surface area contributed by atoms with Gasteiger partial charge in [-0.15, -0.1) is 0 Å². The maximum Gasteiger partial charge on any atom is 0.251 e. The lowest BCUT2D eigenvalue weighted by Crippen LogP contribution is -2.29. The van der Waals surface area contributed by atoms with Crippen LogP contribution in [0.1, 0.15) is 48.4 Å². The number of benzene rings is 2. The number of rotatable bonds is 5. The van der Waals surface area contributed by atoms with E-state index in [1.165, 1.54) is 17.7 Å². The monoisotopic (exact) mass is 329 g/mol. The number of amides is 1. The molecule has 128 valence electrons. The fraction of sp³-hybridized carbons (Fsp3) is 0.350. The molecule has 1 N–H and O–H groups in total. The van der Waals surface area contributed by atoms with Gasteiger partial charge in [0.05, 0.1) is 6.10 Å². The molecule has 0 bridgehead atoms. The Morgan fingerprint density at radius 1 is 1.17 bits per heavy atom. The molecule has 1 amide bonds. The second kappa shape index (κ2) is 7.58. The number of carbonyl (C=O) groups is 1. The van der Waals surface area contributed by atoms with Crippen LogP contribution < -0.4 is 5.32 Å². The summed E-state index contributed by atoms with van der Waals surface area (Å²) in [6.07, 6.45) is -0.390. The SMILES string of the molecule is COC(CNC(=O)c1ccc(C(C)(C)C)cc1)c1cccc(F)c1. The number of halogens is 1. The van der Waals surface area contributed by atoms with E-state index in [2.05, 4.69) is 26.1 Å². The zero-order valence-corrected chi connectivity index (χ0v) is 14.6. The summed E-state index contributed by atoms with van der Waals surface area (Å²) in [5.74, 6) is -0.493. The third kappa shape index (κ3) is 4.65. The van der Waals surface area contributed by atoms with Crippen LogP contribution in [0.3, 0.4) is 0 Å². The predicted octanol–water partition coefficient (Wildman–Crippen LogP) is 4.24. The lowest BCUT2D eigenvalue weighted by atomic mass is 9.87. The smallest absolute Gasteiger partial charge is 0.251 e. The van der Waals surface area contributed by atoms with Gasteiger partial charge in [-0.2, -0.15) is 0 Å². The van der Waals surface area contributed by atoms with Crippen LogP contribution in [0.2, 0.25) is 0 Å². The second-order valence-corrected chi connectivity index (χ2v) is 6.82. The predicted molar refractivity (Wildman–Crippen MR) is 93.6 cm³/mol. The molecule has 0 saturated heterocycles. The van der Waals surface area contributed by atoms with E-state index in [-0.39, 0.29) is 23.7 Å². The molecule has 4 heteroatoms. The molecule has 1 unspecified atom stereocenters. The van der Waals surface area contributed by atoms with Crippen LogP contribution in [0.4, 0.5) is 4.39 Å². The largest absolute Gasteiger partial charge is 0.375 e. The quantitative estimate of drug-likeness (QED) is 0.891. The first kappa shape index (κ1) is 18.1. The van der Waals surface area contributed by atoms with E-state index in [1.807, 2.05) is 24.3 Å². The molecule has 0 saturated carbocycles. The lowest BCUT2D eigenvalue weighted by Gasteiger charge is -2.19. The van der Waals surface area contributed by atoms with Crippen molar-refractivity contribution in [3.8, 4) is 0 Å². The summed E-state index contributed by atoms with van der Waals surface area (Å²) >= 11 is 0. The number of hydrogen-bond acceptors (Lipinski definition) is 2. The van der Waals surface area contributed by atoms with Crippen molar-refractivity contribution in [1.29, 1.82) is 0 Å². The van der Waals surface area contributed by atoms with Crippen molar-refractivity contribution in [3.05, 3.63) is 71.0 Å². The first-order valence-corrected chi connectivity index (χ1v) is 7.98. The van der Waals surface area contributed by atoms with Gasteiger partial charge in [0.1, 0.15) is 5.82 Å². The number of ether oxygens (including phenoxy) is 1. The Kier molecular flexibility index (Phi) is 5.73. The first-order valence-electron chi connectivity index (χ1n) is 7.98. The van der Waals surface area contributed by atoms with E-state index in [0.29, 0.717) is 11.1 Å². The van der Waals surface area contributed by atoms with Crippen LogP contribution in [0.15, 0.2) is 48.5 Å². The maximum atomic E-state index is 13.3. The van der Waals surface area contributed by atoms with Gasteiger partial charge < -0.3 is 10.1 Å².